The molecule has 0 spiro atoms. The van der Waals surface area contributed by atoms with Crippen molar-refractivity contribution in [2.75, 3.05) is 0 Å². The fourth-order valence-electron chi connectivity index (χ4n) is 9.09. The molecule has 8 nitrogen and oxygen atoms in total. The minimum atomic E-state index is -5.95. The number of unbranched alkanes of at least 4 members (excludes halogenated alkanes) is 4. The van der Waals surface area contributed by atoms with Gasteiger partial charge in [0.15, 0.2) is 0 Å². The van der Waals surface area contributed by atoms with E-state index in [0.29, 0.717) is 25.7 Å². The van der Waals surface area contributed by atoms with E-state index in [-0.39, 0.29) is 47.3 Å². The molecule has 0 atom stereocenters. The molecular weight excluding hydrogens is 823 g/mol. The SMILES string of the molecule is CCC(CC)(CC)CCCCC(=O)[O][Sn]([O]C(=O)CCCCC(CC)(CC)CC)([O]C(=O)CCCCC(CC)(CC)CC)[O]C(=O)CCCCC(CC)(CC)CC. The molecule has 0 heterocycles. The predicted octanol–water partition coefficient (Wildman–Crippen LogP) is 14.7. The summed E-state index contributed by atoms with van der Waals surface area (Å²) in [6, 6.07) is 0. The van der Waals surface area contributed by atoms with Crippen LogP contribution in [0.3, 0.4) is 0 Å². The molecule has 9 heteroatoms. The van der Waals surface area contributed by atoms with Crippen LogP contribution < -0.4 is 0 Å². The molecule has 0 N–H and O–H groups in total. The van der Waals surface area contributed by atoms with Gasteiger partial charge in [-0.2, -0.15) is 0 Å². The molecule has 0 saturated carbocycles. The summed E-state index contributed by atoms with van der Waals surface area (Å²) in [5.41, 5.74) is 0.979. The molecule has 0 aromatic heterocycles. The Hall–Kier alpha value is -1.32. The second-order valence-corrected chi connectivity index (χ2v) is 22.7. The standard InChI is InChI=1S/4C12H24O2.Sn/c4*1-4-12(5-2,6-3)10-8-7-9-11(13)14;/h4*4-10H2,1-3H3,(H,13,14);/q;;;;+4/p-4. The van der Waals surface area contributed by atoms with Crippen molar-refractivity contribution in [3.05, 3.63) is 0 Å². The van der Waals surface area contributed by atoms with E-state index in [2.05, 4.69) is 83.1 Å². The fraction of sp³-hybridized carbons (Fsp3) is 0.917. The molecular formula is C48H92O8Sn. The van der Waals surface area contributed by atoms with Crippen molar-refractivity contribution in [3.63, 3.8) is 0 Å². The molecule has 0 rings (SSSR count). The van der Waals surface area contributed by atoms with E-state index in [0.717, 1.165) is 128 Å². The number of carbonyl (C=O) groups is 4. The van der Waals surface area contributed by atoms with Crippen LogP contribution in [0, 0.1) is 21.7 Å². The summed E-state index contributed by atoms with van der Waals surface area (Å²) in [6.45, 7) is 26.6. The van der Waals surface area contributed by atoms with Crippen molar-refractivity contribution in [3.8, 4) is 0 Å². The van der Waals surface area contributed by atoms with Crippen LogP contribution in [0.5, 0.6) is 0 Å². The molecule has 0 aliphatic heterocycles. The number of hydrogen-bond donors (Lipinski definition) is 0. The zero-order valence-corrected chi connectivity index (χ0v) is 42.4. The van der Waals surface area contributed by atoms with Crippen LogP contribution in [0.1, 0.15) is 263 Å². The molecule has 0 fully saturated rings. The Balaban J connectivity index is 6.32. The van der Waals surface area contributed by atoms with Crippen LogP contribution >= 0.6 is 0 Å². The predicted molar refractivity (Wildman–Crippen MR) is 237 cm³/mol. The molecule has 0 aliphatic carbocycles. The van der Waals surface area contributed by atoms with E-state index < -0.39 is 43.9 Å². The first-order chi connectivity index (χ1) is 27.1. The maximum absolute atomic E-state index is 13.6. The molecule has 0 radical (unpaired) electrons. The van der Waals surface area contributed by atoms with Crippen molar-refractivity contribution in [2.24, 2.45) is 21.7 Å². The first kappa shape index (κ1) is 55.7. The molecule has 0 unspecified atom stereocenters. The number of rotatable bonds is 36. The zero-order valence-electron chi connectivity index (χ0n) is 39.6. The van der Waals surface area contributed by atoms with E-state index in [4.69, 9.17) is 12.3 Å². The molecule has 0 bridgehead atoms. The van der Waals surface area contributed by atoms with Crippen molar-refractivity contribution in [1.82, 2.24) is 0 Å². The average molecular weight is 916 g/mol. The summed E-state index contributed by atoms with van der Waals surface area (Å²) in [4.78, 5) is 54.4. The van der Waals surface area contributed by atoms with Gasteiger partial charge in [-0.1, -0.05) is 0 Å². The third-order valence-electron chi connectivity index (χ3n) is 15.3. The third-order valence-corrected chi connectivity index (χ3v) is 20.8. The van der Waals surface area contributed by atoms with Gasteiger partial charge in [0.25, 0.3) is 0 Å². The summed E-state index contributed by atoms with van der Waals surface area (Å²) < 4.78 is 23.8. The summed E-state index contributed by atoms with van der Waals surface area (Å²) in [6.07, 6.45) is 22.8. The van der Waals surface area contributed by atoms with Crippen LogP contribution in [0.4, 0.5) is 0 Å². The van der Waals surface area contributed by atoms with Gasteiger partial charge in [-0.15, -0.1) is 0 Å². The third kappa shape index (κ3) is 20.2. The van der Waals surface area contributed by atoms with Crippen LogP contribution in [-0.4, -0.2) is 43.9 Å². The monoisotopic (exact) mass is 917 g/mol. The van der Waals surface area contributed by atoms with Gasteiger partial charge in [0, 0.05) is 0 Å². The van der Waals surface area contributed by atoms with Crippen molar-refractivity contribution >= 4 is 43.9 Å². The molecule has 57 heavy (non-hydrogen) atoms. The topological polar surface area (TPSA) is 105 Å². The Labute approximate surface area is 358 Å². The van der Waals surface area contributed by atoms with Gasteiger partial charge in [-0.25, -0.2) is 0 Å². The van der Waals surface area contributed by atoms with Gasteiger partial charge in [-0.05, 0) is 0 Å². The van der Waals surface area contributed by atoms with E-state index in [9.17, 15) is 19.2 Å². The Morgan fingerprint density at radius 2 is 0.456 bits per heavy atom. The van der Waals surface area contributed by atoms with Crippen molar-refractivity contribution in [1.29, 1.82) is 0 Å². The van der Waals surface area contributed by atoms with Gasteiger partial charge < -0.3 is 0 Å². The van der Waals surface area contributed by atoms with Gasteiger partial charge in [0.2, 0.25) is 0 Å². The second-order valence-electron chi connectivity index (χ2n) is 17.5. The Morgan fingerprint density at radius 1 is 0.298 bits per heavy atom. The first-order valence-electron chi connectivity index (χ1n) is 24.0. The minimum absolute atomic E-state index is 0.0615. The Kier molecular flexibility index (Phi) is 29.1. The molecule has 0 aliphatic rings. The molecule has 0 aromatic rings. The quantitative estimate of drug-likeness (QED) is 0.0452. The van der Waals surface area contributed by atoms with Crippen LogP contribution in [0.25, 0.3) is 0 Å². The summed E-state index contributed by atoms with van der Waals surface area (Å²) in [5.74, 6) is -2.59. The summed E-state index contributed by atoms with van der Waals surface area (Å²) in [7, 11) is 0. The van der Waals surface area contributed by atoms with E-state index in [1.807, 2.05) is 0 Å². The van der Waals surface area contributed by atoms with Crippen LogP contribution in [-0.2, 0) is 31.5 Å². The van der Waals surface area contributed by atoms with E-state index in [1.165, 1.54) is 0 Å². The van der Waals surface area contributed by atoms with Gasteiger partial charge in [0.1, 0.15) is 0 Å². The molecule has 0 amide bonds. The summed E-state index contributed by atoms with van der Waals surface area (Å²) in [5, 5.41) is 0. The van der Waals surface area contributed by atoms with Gasteiger partial charge in [0.05, 0.1) is 0 Å². The molecule has 336 valence electrons. The fourth-order valence-corrected chi connectivity index (χ4v) is 14.1. The molecule has 0 aromatic carbocycles. The Morgan fingerprint density at radius 3 is 0.596 bits per heavy atom. The van der Waals surface area contributed by atoms with Crippen molar-refractivity contribution < 1.29 is 31.5 Å². The first-order valence-corrected chi connectivity index (χ1v) is 28.7. The summed E-state index contributed by atoms with van der Waals surface area (Å²) >= 11 is -5.95. The Bertz CT molecular complexity index is 897. The number of carbonyl (C=O) groups excluding carboxylic acids is 4. The maximum atomic E-state index is 13.6. The van der Waals surface area contributed by atoms with Crippen molar-refractivity contribution in [2.45, 2.75) is 263 Å². The zero-order chi connectivity index (χ0) is 43.4. The van der Waals surface area contributed by atoms with E-state index in [1.54, 1.807) is 0 Å². The van der Waals surface area contributed by atoms with E-state index >= 15 is 0 Å². The van der Waals surface area contributed by atoms with Gasteiger partial charge in [-0.3, -0.25) is 0 Å². The average Bonchev–Trinajstić information content (AvgIpc) is 3.22. The number of hydrogen-bond acceptors (Lipinski definition) is 8. The normalized spacial score (nSPS) is 12.7. The van der Waals surface area contributed by atoms with Gasteiger partial charge >= 0.3 is 360 Å². The molecule has 0 saturated heterocycles. The van der Waals surface area contributed by atoms with Crippen LogP contribution in [0.15, 0.2) is 0 Å². The van der Waals surface area contributed by atoms with Crippen LogP contribution in [0.2, 0.25) is 0 Å². The second kappa shape index (κ2) is 29.8.